The van der Waals surface area contributed by atoms with Gasteiger partial charge in [0.1, 0.15) is 5.69 Å². The van der Waals surface area contributed by atoms with E-state index in [0.29, 0.717) is 43.4 Å². The predicted molar refractivity (Wildman–Crippen MR) is 105 cm³/mol. The molecule has 3 aromatic rings. The van der Waals surface area contributed by atoms with Crippen LogP contribution in [0.5, 0.6) is 0 Å². The van der Waals surface area contributed by atoms with Gasteiger partial charge in [0, 0.05) is 56.4 Å². The Bertz CT molecular complexity index is 1140. The third-order valence-electron chi connectivity index (χ3n) is 4.76. The first-order chi connectivity index (χ1) is 13.5. The van der Waals surface area contributed by atoms with Crippen molar-refractivity contribution in [2.24, 2.45) is 0 Å². The molecule has 1 fully saturated rings. The quantitative estimate of drug-likeness (QED) is 0.489. The molecular weight excluding hydrogens is 380 g/mol. The number of anilines is 1. The SMILES string of the molecule is N#Cc1ccc(N2CCN(Cc3cc(=O)n4ccsc4n3)CC2)c([N+](=O)[O-])c1. The largest absolute Gasteiger partial charge is 0.363 e. The fraction of sp³-hybridized carbons (Fsp3) is 0.278. The number of aromatic nitrogens is 2. The molecule has 0 unspecified atom stereocenters. The highest BCUT2D eigenvalue weighted by molar-refractivity contribution is 7.15. The maximum absolute atomic E-state index is 12.1. The normalized spacial score (nSPS) is 14.9. The lowest BCUT2D eigenvalue weighted by Gasteiger charge is -2.35. The molecule has 0 atom stereocenters. The average Bonchev–Trinajstić information content (AvgIpc) is 3.17. The third kappa shape index (κ3) is 3.45. The standard InChI is InChI=1S/C18H16N6O3S/c19-11-13-1-2-15(16(9-13)24(26)27)22-5-3-21(4-6-22)12-14-10-17(25)23-7-8-28-18(23)20-14/h1-2,7-10H,3-6,12H2. The van der Waals surface area contributed by atoms with Crippen molar-refractivity contribution in [3.8, 4) is 6.07 Å². The summed E-state index contributed by atoms with van der Waals surface area (Å²) in [6.07, 6.45) is 1.71. The summed E-state index contributed by atoms with van der Waals surface area (Å²) >= 11 is 1.42. The topological polar surface area (TPSA) is 108 Å². The van der Waals surface area contributed by atoms with Crippen molar-refractivity contribution in [2.45, 2.75) is 6.54 Å². The number of piperazine rings is 1. The van der Waals surface area contributed by atoms with Gasteiger partial charge in [0.05, 0.1) is 22.2 Å². The second kappa shape index (κ2) is 7.38. The van der Waals surface area contributed by atoms with Crippen LogP contribution in [-0.2, 0) is 6.54 Å². The predicted octanol–water partition coefficient (Wildman–Crippen LogP) is 1.86. The minimum atomic E-state index is -0.448. The van der Waals surface area contributed by atoms with E-state index in [-0.39, 0.29) is 16.8 Å². The third-order valence-corrected chi connectivity index (χ3v) is 5.51. The first kappa shape index (κ1) is 18.1. The van der Waals surface area contributed by atoms with E-state index in [1.807, 2.05) is 16.3 Å². The summed E-state index contributed by atoms with van der Waals surface area (Å²) in [4.78, 5) is 32.4. The van der Waals surface area contributed by atoms with E-state index >= 15 is 0 Å². The lowest BCUT2D eigenvalue weighted by molar-refractivity contribution is -0.384. The van der Waals surface area contributed by atoms with E-state index in [4.69, 9.17) is 5.26 Å². The van der Waals surface area contributed by atoms with Crippen LogP contribution in [0.4, 0.5) is 11.4 Å². The van der Waals surface area contributed by atoms with E-state index in [1.165, 1.54) is 21.8 Å². The smallest absolute Gasteiger partial charge is 0.293 e. The van der Waals surface area contributed by atoms with Crippen LogP contribution in [0.3, 0.4) is 0 Å². The number of thiazole rings is 1. The molecule has 1 aromatic carbocycles. The fourth-order valence-corrected chi connectivity index (χ4v) is 4.09. The Kier molecular flexibility index (Phi) is 4.77. The molecule has 3 heterocycles. The van der Waals surface area contributed by atoms with Crippen LogP contribution in [0.1, 0.15) is 11.3 Å². The zero-order chi connectivity index (χ0) is 19.7. The van der Waals surface area contributed by atoms with Gasteiger partial charge in [-0.3, -0.25) is 24.2 Å². The van der Waals surface area contributed by atoms with E-state index in [0.717, 1.165) is 5.69 Å². The van der Waals surface area contributed by atoms with Crippen molar-refractivity contribution in [3.05, 3.63) is 67.6 Å². The zero-order valence-corrected chi connectivity index (χ0v) is 15.6. The van der Waals surface area contributed by atoms with Crippen LogP contribution >= 0.6 is 11.3 Å². The highest BCUT2D eigenvalue weighted by Crippen LogP contribution is 2.30. The molecule has 10 heteroatoms. The Morgan fingerprint density at radius 3 is 2.75 bits per heavy atom. The molecule has 1 aliphatic rings. The molecule has 28 heavy (non-hydrogen) atoms. The first-order valence-corrected chi connectivity index (χ1v) is 9.55. The van der Waals surface area contributed by atoms with E-state index < -0.39 is 4.92 Å². The molecule has 2 aromatic heterocycles. The van der Waals surface area contributed by atoms with Gasteiger partial charge in [0.15, 0.2) is 4.96 Å². The van der Waals surface area contributed by atoms with Gasteiger partial charge in [-0.1, -0.05) is 0 Å². The number of benzene rings is 1. The molecule has 0 N–H and O–H groups in total. The molecule has 0 amide bonds. The van der Waals surface area contributed by atoms with Gasteiger partial charge >= 0.3 is 0 Å². The number of nitro groups is 1. The number of nitro benzene ring substituents is 1. The molecule has 142 valence electrons. The number of fused-ring (bicyclic) bond motifs is 1. The second-order valence-electron chi connectivity index (χ2n) is 6.48. The van der Waals surface area contributed by atoms with Crippen LogP contribution in [0.25, 0.3) is 4.96 Å². The second-order valence-corrected chi connectivity index (χ2v) is 7.35. The van der Waals surface area contributed by atoms with Crippen molar-refractivity contribution in [1.29, 1.82) is 5.26 Å². The summed E-state index contributed by atoms with van der Waals surface area (Å²) < 4.78 is 1.52. The van der Waals surface area contributed by atoms with Gasteiger partial charge in [-0.15, -0.1) is 11.3 Å². The zero-order valence-electron chi connectivity index (χ0n) is 14.8. The van der Waals surface area contributed by atoms with Crippen molar-refractivity contribution in [3.63, 3.8) is 0 Å². The molecule has 0 saturated carbocycles. The minimum Gasteiger partial charge on any atom is -0.363 e. The van der Waals surface area contributed by atoms with Crippen molar-refractivity contribution in [1.82, 2.24) is 14.3 Å². The Morgan fingerprint density at radius 2 is 2.04 bits per heavy atom. The number of nitriles is 1. The highest BCUT2D eigenvalue weighted by atomic mass is 32.1. The van der Waals surface area contributed by atoms with Crippen molar-refractivity contribution in [2.75, 3.05) is 31.1 Å². The summed E-state index contributed by atoms with van der Waals surface area (Å²) in [5.74, 6) is 0. The number of hydrogen-bond acceptors (Lipinski definition) is 8. The maximum atomic E-state index is 12.1. The van der Waals surface area contributed by atoms with E-state index in [2.05, 4.69) is 9.88 Å². The first-order valence-electron chi connectivity index (χ1n) is 8.67. The van der Waals surface area contributed by atoms with Crippen LogP contribution in [0.2, 0.25) is 0 Å². The number of nitrogens with zero attached hydrogens (tertiary/aromatic N) is 6. The molecule has 9 nitrogen and oxygen atoms in total. The van der Waals surface area contributed by atoms with Crippen LogP contribution in [0, 0.1) is 21.4 Å². The van der Waals surface area contributed by atoms with Gasteiger partial charge in [-0.25, -0.2) is 4.98 Å². The summed E-state index contributed by atoms with van der Waals surface area (Å²) in [5.41, 5.74) is 1.39. The maximum Gasteiger partial charge on any atom is 0.293 e. The highest BCUT2D eigenvalue weighted by Gasteiger charge is 2.24. The molecule has 0 radical (unpaired) electrons. The lowest BCUT2D eigenvalue weighted by Crippen LogP contribution is -2.46. The fourth-order valence-electron chi connectivity index (χ4n) is 3.35. The summed E-state index contributed by atoms with van der Waals surface area (Å²) in [6, 6.07) is 8.04. The Balaban J connectivity index is 1.47. The molecule has 1 saturated heterocycles. The Hall–Kier alpha value is -3.29. The minimum absolute atomic E-state index is 0.0506. The van der Waals surface area contributed by atoms with Gasteiger partial charge < -0.3 is 4.90 Å². The van der Waals surface area contributed by atoms with Crippen LogP contribution in [0.15, 0.2) is 40.6 Å². The van der Waals surface area contributed by atoms with E-state index in [1.54, 1.807) is 24.4 Å². The number of hydrogen-bond donors (Lipinski definition) is 0. The average molecular weight is 396 g/mol. The molecular formula is C18H16N6O3S. The molecule has 0 spiro atoms. The molecule has 1 aliphatic heterocycles. The van der Waals surface area contributed by atoms with Gasteiger partial charge in [0.25, 0.3) is 11.2 Å². The van der Waals surface area contributed by atoms with Crippen molar-refractivity contribution < 1.29 is 4.92 Å². The summed E-state index contributed by atoms with van der Waals surface area (Å²) in [5, 5.41) is 22.2. The monoisotopic (exact) mass is 396 g/mol. The molecule has 0 aliphatic carbocycles. The lowest BCUT2D eigenvalue weighted by atomic mass is 10.1. The Labute approximate surface area is 163 Å². The van der Waals surface area contributed by atoms with Gasteiger partial charge in [-0.2, -0.15) is 5.26 Å². The van der Waals surface area contributed by atoms with E-state index in [9.17, 15) is 14.9 Å². The van der Waals surface area contributed by atoms with Gasteiger partial charge in [0.2, 0.25) is 0 Å². The van der Waals surface area contributed by atoms with Crippen molar-refractivity contribution >= 4 is 27.7 Å². The Morgan fingerprint density at radius 1 is 1.25 bits per heavy atom. The summed E-state index contributed by atoms with van der Waals surface area (Å²) in [6.45, 7) is 3.19. The van der Waals surface area contributed by atoms with Crippen LogP contribution in [-0.4, -0.2) is 45.4 Å². The number of rotatable bonds is 4. The van der Waals surface area contributed by atoms with Gasteiger partial charge in [-0.05, 0) is 12.1 Å². The molecule has 4 rings (SSSR count). The molecule has 0 bridgehead atoms. The van der Waals surface area contributed by atoms with Crippen LogP contribution < -0.4 is 10.5 Å². The summed E-state index contributed by atoms with van der Waals surface area (Å²) in [7, 11) is 0.